The van der Waals surface area contributed by atoms with Crippen LogP contribution in [0.4, 0.5) is 0 Å². The van der Waals surface area contributed by atoms with Crippen molar-refractivity contribution in [1.29, 1.82) is 0 Å². The summed E-state index contributed by atoms with van der Waals surface area (Å²) in [5.74, 6) is 6.30. The van der Waals surface area contributed by atoms with E-state index in [-0.39, 0.29) is 11.4 Å². The molecule has 1 aliphatic rings. The molecule has 0 aromatic heterocycles. The normalized spacial score (nSPS) is 14.2. The van der Waals surface area contributed by atoms with Gasteiger partial charge in [-0.15, -0.1) is 0 Å². The lowest BCUT2D eigenvalue weighted by atomic mass is 10.1. The minimum absolute atomic E-state index is 0.132. The third-order valence-corrected chi connectivity index (χ3v) is 3.13. The maximum absolute atomic E-state index is 12.3. The van der Waals surface area contributed by atoms with Crippen LogP contribution < -0.4 is 0 Å². The smallest absolute Gasteiger partial charge is 0.254 e. The van der Waals surface area contributed by atoms with Crippen LogP contribution in [0.5, 0.6) is 0 Å². The highest BCUT2D eigenvalue weighted by Gasteiger charge is 2.34. The first kappa shape index (κ1) is 12.7. The first-order valence-electron chi connectivity index (χ1n) is 6.37. The highest BCUT2D eigenvalue weighted by molar-refractivity contribution is 5.99. The van der Waals surface area contributed by atoms with E-state index in [0.717, 1.165) is 23.1 Å². The quantitative estimate of drug-likeness (QED) is 0.639. The summed E-state index contributed by atoms with van der Waals surface area (Å²) in [5, 5.41) is 0. The lowest BCUT2D eigenvalue weighted by Gasteiger charge is -2.31. The van der Waals surface area contributed by atoms with Crippen molar-refractivity contribution < 1.29 is 4.79 Å². The fourth-order valence-corrected chi connectivity index (χ4v) is 2.13. The van der Waals surface area contributed by atoms with Crippen LogP contribution in [0.3, 0.4) is 0 Å². The largest absolute Gasteiger partial charge is 0.329 e. The number of rotatable bonds is 0. The molecule has 2 nitrogen and oxygen atoms in total. The molecular formula is C16H19NO. The Morgan fingerprint density at radius 2 is 2.06 bits per heavy atom. The third-order valence-electron chi connectivity index (χ3n) is 3.13. The summed E-state index contributed by atoms with van der Waals surface area (Å²) in [4.78, 5) is 14.2. The van der Waals surface area contributed by atoms with Crippen LogP contribution in [0.25, 0.3) is 0 Å². The van der Waals surface area contributed by atoms with E-state index in [1.165, 1.54) is 0 Å². The molecule has 0 spiro atoms. The zero-order chi connectivity index (χ0) is 13.3. The molecule has 0 N–H and O–H groups in total. The summed E-state index contributed by atoms with van der Waals surface area (Å²) < 4.78 is 0. The molecule has 2 rings (SSSR count). The average Bonchev–Trinajstić information content (AvgIpc) is 2.63. The van der Waals surface area contributed by atoms with Gasteiger partial charge in [0.1, 0.15) is 0 Å². The topological polar surface area (TPSA) is 20.3 Å². The van der Waals surface area contributed by atoms with Gasteiger partial charge in [-0.3, -0.25) is 4.79 Å². The lowest BCUT2D eigenvalue weighted by Crippen LogP contribution is -2.41. The molecule has 0 aliphatic carbocycles. The molecule has 1 aromatic carbocycles. The second-order valence-electron chi connectivity index (χ2n) is 5.59. The Morgan fingerprint density at radius 3 is 2.67 bits per heavy atom. The van der Waals surface area contributed by atoms with Crippen molar-refractivity contribution in [3.63, 3.8) is 0 Å². The molecule has 0 bridgehead atoms. The number of carbonyl (C=O) groups is 1. The lowest BCUT2D eigenvalue weighted by molar-refractivity contribution is 0.0609. The Labute approximate surface area is 109 Å². The first-order valence-corrected chi connectivity index (χ1v) is 6.37. The molecule has 1 heterocycles. The number of fused-ring (bicyclic) bond motifs is 1. The number of hydrogen-bond acceptors (Lipinski definition) is 1. The van der Waals surface area contributed by atoms with Crippen LogP contribution in [0.2, 0.25) is 0 Å². The number of amides is 1. The molecule has 0 saturated carbocycles. The molecule has 18 heavy (non-hydrogen) atoms. The molecule has 1 amide bonds. The van der Waals surface area contributed by atoms with Gasteiger partial charge in [-0.2, -0.15) is 0 Å². The summed E-state index contributed by atoms with van der Waals surface area (Å²) in [6.45, 7) is 8.92. The Hall–Kier alpha value is -1.75. The fourth-order valence-electron chi connectivity index (χ4n) is 2.13. The zero-order valence-electron chi connectivity index (χ0n) is 11.5. The number of nitrogens with zero attached hydrogens (tertiary/aromatic N) is 1. The standard InChI is InChI=1S/C16H19NO/c1-5-6-7-12-8-9-14-13(10-12)11-17(15(14)18)16(2,3)4/h8-10H,5,11H2,1-4H3. The van der Waals surface area contributed by atoms with E-state index in [9.17, 15) is 4.79 Å². The molecule has 0 unspecified atom stereocenters. The molecule has 0 fully saturated rings. The van der Waals surface area contributed by atoms with Crippen molar-refractivity contribution >= 4 is 5.91 Å². The van der Waals surface area contributed by atoms with Gasteiger partial charge in [0, 0.05) is 29.6 Å². The van der Waals surface area contributed by atoms with Crippen molar-refractivity contribution in [2.75, 3.05) is 0 Å². The highest BCUT2D eigenvalue weighted by atomic mass is 16.2. The van der Waals surface area contributed by atoms with Crippen molar-refractivity contribution in [3.05, 3.63) is 34.9 Å². The average molecular weight is 241 g/mol. The maximum Gasteiger partial charge on any atom is 0.254 e. The molecule has 94 valence electrons. The third kappa shape index (κ3) is 2.26. The van der Waals surface area contributed by atoms with Crippen molar-refractivity contribution in [1.82, 2.24) is 4.90 Å². The van der Waals surface area contributed by atoms with Gasteiger partial charge in [0.25, 0.3) is 5.91 Å². The van der Waals surface area contributed by atoms with E-state index in [0.29, 0.717) is 6.54 Å². The minimum Gasteiger partial charge on any atom is -0.329 e. The van der Waals surface area contributed by atoms with Gasteiger partial charge in [0.05, 0.1) is 0 Å². The predicted octanol–water partition coefficient (Wildman–Crippen LogP) is 3.20. The van der Waals surface area contributed by atoms with E-state index < -0.39 is 0 Å². The second-order valence-corrected chi connectivity index (χ2v) is 5.59. The van der Waals surface area contributed by atoms with Gasteiger partial charge in [0.2, 0.25) is 0 Å². The maximum atomic E-state index is 12.3. The Kier molecular flexibility index (Phi) is 3.17. The SMILES string of the molecule is CCC#Cc1ccc2c(c1)CN(C(C)(C)C)C2=O. The van der Waals surface area contributed by atoms with E-state index in [1.807, 2.05) is 30.0 Å². The van der Waals surface area contributed by atoms with Gasteiger partial charge in [-0.25, -0.2) is 0 Å². The highest BCUT2D eigenvalue weighted by Crippen LogP contribution is 2.29. The molecule has 0 radical (unpaired) electrons. The molecule has 0 saturated heterocycles. The van der Waals surface area contributed by atoms with Gasteiger partial charge in [-0.05, 0) is 44.5 Å². The van der Waals surface area contributed by atoms with Crippen molar-refractivity contribution in [2.45, 2.75) is 46.2 Å². The minimum atomic E-state index is -0.134. The van der Waals surface area contributed by atoms with Crippen LogP contribution >= 0.6 is 0 Å². The van der Waals surface area contributed by atoms with Gasteiger partial charge in [-0.1, -0.05) is 18.8 Å². The van der Waals surface area contributed by atoms with Crippen LogP contribution in [-0.2, 0) is 6.54 Å². The Balaban J connectivity index is 2.35. The summed E-state index contributed by atoms with van der Waals surface area (Å²) in [5.41, 5.74) is 2.79. The van der Waals surface area contributed by atoms with E-state index in [1.54, 1.807) is 0 Å². The van der Waals surface area contributed by atoms with Crippen LogP contribution in [0.15, 0.2) is 18.2 Å². The van der Waals surface area contributed by atoms with Gasteiger partial charge >= 0.3 is 0 Å². The number of benzene rings is 1. The first-order chi connectivity index (χ1) is 8.43. The van der Waals surface area contributed by atoms with E-state index in [4.69, 9.17) is 0 Å². The van der Waals surface area contributed by atoms with E-state index in [2.05, 4.69) is 32.6 Å². The zero-order valence-corrected chi connectivity index (χ0v) is 11.5. The van der Waals surface area contributed by atoms with Crippen LogP contribution in [0.1, 0.15) is 55.6 Å². The molecular weight excluding hydrogens is 222 g/mol. The fraction of sp³-hybridized carbons (Fsp3) is 0.438. The summed E-state index contributed by atoms with van der Waals surface area (Å²) in [6.07, 6.45) is 0.851. The predicted molar refractivity (Wildman–Crippen MR) is 73.2 cm³/mol. The van der Waals surface area contributed by atoms with E-state index >= 15 is 0 Å². The summed E-state index contributed by atoms with van der Waals surface area (Å²) >= 11 is 0. The van der Waals surface area contributed by atoms with Crippen LogP contribution in [-0.4, -0.2) is 16.3 Å². The second kappa shape index (κ2) is 4.49. The molecule has 1 aliphatic heterocycles. The molecule has 0 atom stereocenters. The molecule has 2 heteroatoms. The van der Waals surface area contributed by atoms with Crippen molar-refractivity contribution in [3.8, 4) is 11.8 Å². The number of carbonyl (C=O) groups excluding carboxylic acids is 1. The van der Waals surface area contributed by atoms with Gasteiger partial charge < -0.3 is 4.90 Å². The molecule has 1 aromatic rings. The Morgan fingerprint density at radius 1 is 1.33 bits per heavy atom. The van der Waals surface area contributed by atoms with Gasteiger partial charge in [0.15, 0.2) is 0 Å². The van der Waals surface area contributed by atoms with Crippen molar-refractivity contribution in [2.24, 2.45) is 0 Å². The number of hydrogen-bond donors (Lipinski definition) is 0. The monoisotopic (exact) mass is 241 g/mol. The summed E-state index contributed by atoms with van der Waals surface area (Å²) in [6, 6.07) is 5.89. The Bertz CT molecular complexity index is 540. The summed E-state index contributed by atoms with van der Waals surface area (Å²) in [7, 11) is 0. The van der Waals surface area contributed by atoms with Crippen LogP contribution in [0, 0.1) is 11.8 Å².